The van der Waals surface area contributed by atoms with E-state index >= 15 is 0 Å². The van der Waals surface area contributed by atoms with Gasteiger partial charge in [-0.2, -0.15) is 0 Å². The maximum Gasteiger partial charge on any atom is 0.160 e. The fraction of sp³-hybridized carbons (Fsp3) is 0. The minimum atomic E-state index is 0.704. The summed E-state index contributed by atoms with van der Waals surface area (Å²) in [6.45, 7) is 0. The van der Waals surface area contributed by atoms with E-state index in [4.69, 9.17) is 9.97 Å². The van der Waals surface area contributed by atoms with Gasteiger partial charge in [-0.3, -0.25) is 0 Å². The summed E-state index contributed by atoms with van der Waals surface area (Å²) in [6.07, 6.45) is 0. The van der Waals surface area contributed by atoms with Crippen molar-refractivity contribution in [1.82, 2.24) is 9.97 Å². The van der Waals surface area contributed by atoms with E-state index in [0.29, 0.717) is 5.82 Å². The normalized spacial score (nSPS) is 11.4. The van der Waals surface area contributed by atoms with Crippen molar-refractivity contribution in [3.63, 3.8) is 0 Å². The molecule has 0 aliphatic carbocycles. The van der Waals surface area contributed by atoms with E-state index in [1.165, 1.54) is 53.2 Å². The Bertz CT molecular complexity index is 2870. The number of fused-ring (bicyclic) bond motifs is 5. The number of rotatable bonds is 6. The Labute approximate surface area is 312 Å². The average Bonchev–Trinajstić information content (AvgIpc) is 3.64. The van der Waals surface area contributed by atoms with E-state index in [1.807, 2.05) is 35.6 Å². The lowest BCUT2D eigenvalue weighted by molar-refractivity contribution is 1.18. The highest BCUT2D eigenvalue weighted by Crippen LogP contribution is 2.46. The van der Waals surface area contributed by atoms with Gasteiger partial charge < -0.3 is 0 Å². The van der Waals surface area contributed by atoms with E-state index < -0.39 is 0 Å². The van der Waals surface area contributed by atoms with Crippen LogP contribution in [0, 0.1) is 0 Å². The first kappa shape index (κ1) is 31.1. The molecule has 0 aliphatic rings. The molecule has 0 atom stereocenters. The van der Waals surface area contributed by atoms with Crippen LogP contribution in [-0.4, -0.2) is 9.97 Å². The van der Waals surface area contributed by atoms with Gasteiger partial charge in [0.2, 0.25) is 0 Å². The van der Waals surface area contributed by atoms with Gasteiger partial charge in [-0.15, -0.1) is 11.3 Å². The van der Waals surface area contributed by atoms with Gasteiger partial charge >= 0.3 is 0 Å². The number of hydrogen-bond acceptors (Lipinski definition) is 3. The molecule has 248 valence electrons. The summed E-state index contributed by atoms with van der Waals surface area (Å²) >= 11 is 1.88. The number of aromatic nitrogens is 2. The van der Waals surface area contributed by atoms with Gasteiger partial charge in [0.25, 0.3) is 0 Å². The smallest absolute Gasteiger partial charge is 0.160 e. The summed E-state index contributed by atoms with van der Waals surface area (Å²) in [5.74, 6) is 0.704. The lowest BCUT2D eigenvalue weighted by Gasteiger charge is -2.16. The summed E-state index contributed by atoms with van der Waals surface area (Å²) in [7, 11) is 0. The predicted octanol–water partition coefficient (Wildman–Crippen LogP) is 14.0. The second-order valence-corrected chi connectivity index (χ2v) is 14.4. The van der Waals surface area contributed by atoms with Gasteiger partial charge in [-0.25, -0.2) is 9.97 Å². The first-order chi connectivity index (χ1) is 26.3. The van der Waals surface area contributed by atoms with Gasteiger partial charge in [0.1, 0.15) is 0 Å². The van der Waals surface area contributed by atoms with Crippen molar-refractivity contribution < 1.29 is 0 Å². The Hall–Kier alpha value is -6.68. The first-order valence-electron chi connectivity index (χ1n) is 17.9. The minimum absolute atomic E-state index is 0.704. The number of benzene rings is 8. The number of thiophene rings is 1. The van der Waals surface area contributed by atoms with E-state index in [-0.39, 0.29) is 0 Å². The molecule has 0 bridgehead atoms. The van der Waals surface area contributed by atoms with Gasteiger partial charge in [0.15, 0.2) is 5.82 Å². The van der Waals surface area contributed by atoms with Crippen LogP contribution in [0.4, 0.5) is 0 Å². The fourth-order valence-corrected chi connectivity index (χ4v) is 8.81. The molecule has 0 aliphatic heterocycles. The van der Waals surface area contributed by atoms with E-state index in [9.17, 15) is 0 Å². The van der Waals surface area contributed by atoms with Crippen molar-refractivity contribution in [2.45, 2.75) is 0 Å². The Morgan fingerprint density at radius 1 is 0.340 bits per heavy atom. The van der Waals surface area contributed by atoms with Crippen LogP contribution in [0.1, 0.15) is 0 Å². The second-order valence-electron chi connectivity index (χ2n) is 13.4. The molecule has 10 aromatic rings. The maximum absolute atomic E-state index is 5.29. The molecule has 0 amide bonds. The number of nitrogens with zero attached hydrogens (tertiary/aromatic N) is 2. The van der Waals surface area contributed by atoms with Gasteiger partial charge in [-0.05, 0) is 80.6 Å². The summed E-state index contributed by atoms with van der Waals surface area (Å²) in [6, 6.07) is 69.2. The minimum Gasteiger partial charge on any atom is -0.228 e. The summed E-state index contributed by atoms with van der Waals surface area (Å²) in [5.41, 5.74) is 11.9. The van der Waals surface area contributed by atoms with Crippen molar-refractivity contribution in [2.24, 2.45) is 0 Å². The molecule has 0 radical (unpaired) electrons. The zero-order valence-electron chi connectivity index (χ0n) is 28.8. The molecule has 0 spiro atoms. The van der Waals surface area contributed by atoms with E-state index in [1.54, 1.807) is 0 Å². The van der Waals surface area contributed by atoms with Crippen molar-refractivity contribution in [1.29, 1.82) is 0 Å². The molecule has 8 aromatic carbocycles. The maximum atomic E-state index is 5.29. The van der Waals surface area contributed by atoms with Crippen LogP contribution >= 0.6 is 11.3 Å². The van der Waals surface area contributed by atoms with Crippen LogP contribution < -0.4 is 0 Å². The van der Waals surface area contributed by atoms with Crippen molar-refractivity contribution in [3.8, 4) is 67.3 Å². The lowest BCUT2D eigenvalue weighted by Crippen LogP contribution is -1.97. The van der Waals surface area contributed by atoms with Gasteiger partial charge in [0.05, 0.1) is 11.4 Å². The van der Waals surface area contributed by atoms with E-state index in [2.05, 4.69) is 170 Å². The Morgan fingerprint density at radius 2 is 0.849 bits per heavy atom. The zero-order valence-corrected chi connectivity index (χ0v) is 29.6. The molecule has 2 aromatic heterocycles. The largest absolute Gasteiger partial charge is 0.228 e. The highest BCUT2D eigenvalue weighted by molar-refractivity contribution is 7.26. The van der Waals surface area contributed by atoms with Crippen LogP contribution in [0.15, 0.2) is 194 Å². The molecular formula is C50H32N2S. The number of hydrogen-bond donors (Lipinski definition) is 0. The third-order valence-corrected chi connectivity index (χ3v) is 11.3. The Morgan fingerprint density at radius 3 is 1.57 bits per heavy atom. The van der Waals surface area contributed by atoms with Crippen LogP contribution in [0.3, 0.4) is 0 Å². The summed E-state index contributed by atoms with van der Waals surface area (Å²) < 4.78 is 2.61. The summed E-state index contributed by atoms with van der Waals surface area (Å²) in [5, 5.41) is 5.10. The Kier molecular flexibility index (Phi) is 7.71. The second kappa shape index (κ2) is 13.1. The quantitative estimate of drug-likeness (QED) is 0.173. The van der Waals surface area contributed by atoms with Crippen LogP contribution in [0.25, 0.3) is 98.2 Å². The molecule has 0 fully saturated rings. The SMILES string of the molecule is c1ccc(-c2cc(-c3cc(-c4ccccc4-c4ccccc4)cc(-c4cc5ccccc5c5sc6ccccc6c45)c3)nc(-c3ccccc3)n2)cc1. The molecule has 2 nitrogen and oxygen atoms in total. The molecule has 3 heteroatoms. The van der Waals surface area contributed by atoms with E-state index in [0.717, 1.165) is 39.2 Å². The molecule has 53 heavy (non-hydrogen) atoms. The topological polar surface area (TPSA) is 25.8 Å². The third kappa shape index (κ3) is 5.68. The van der Waals surface area contributed by atoms with Crippen molar-refractivity contribution in [3.05, 3.63) is 194 Å². The monoisotopic (exact) mass is 692 g/mol. The van der Waals surface area contributed by atoms with Crippen molar-refractivity contribution in [2.75, 3.05) is 0 Å². The average molecular weight is 693 g/mol. The molecule has 0 saturated heterocycles. The van der Waals surface area contributed by atoms with Crippen LogP contribution in [-0.2, 0) is 0 Å². The van der Waals surface area contributed by atoms with Crippen molar-refractivity contribution >= 4 is 42.3 Å². The fourth-order valence-electron chi connectivity index (χ4n) is 7.55. The molecule has 10 rings (SSSR count). The highest BCUT2D eigenvalue weighted by atomic mass is 32.1. The predicted molar refractivity (Wildman–Crippen MR) is 225 cm³/mol. The molecule has 0 unspecified atom stereocenters. The van der Waals surface area contributed by atoms with Crippen LogP contribution in [0.5, 0.6) is 0 Å². The molecule has 0 N–H and O–H groups in total. The highest BCUT2D eigenvalue weighted by Gasteiger charge is 2.19. The lowest BCUT2D eigenvalue weighted by atomic mass is 9.88. The first-order valence-corrected chi connectivity index (χ1v) is 18.7. The van der Waals surface area contributed by atoms with Gasteiger partial charge in [0, 0.05) is 36.9 Å². The summed E-state index contributed by atoms with van der Waals surface area (Å²) in [4.78, 5) is 10.4. The molecule has 0 saturated carbocycles. The zero-order chi connectivity index (χ0) is 35.1. The third-order valence-electron chi connectivity index (χ3n) is 10.1. The van der Waals surface area contributed by atoms with Crippen LogP contribution in [0.2, 0.25) is 0 Å². The molecule has 2 heterocycles. The Balaban J connectivity index is 1.29. The standard InChI is InChI=1S/C50H32N2S/c1-4-16-33(17-5-1)40-23-12-13-24-41(40)37-28-38(44-31-36-22-10-11-25-42(36)49-48(44)43-26-14-15-27-47(43)53-49)30-39(29-37)46-32-45(34-18-6-2-7-19-34)51-50(52-46)35-20-8-3-9-21-35/h1-32H. The van der Waals surface area contributed by atoms with Gasteiger partial charge in [-0.1, -0.05) is 158 Å². The molecular weight excluding hydrogens is 661 g/mol.